The fraction of sp³-hybridized carbons (Fsp3) is 0.300. The summed E-state index contributed by atoms with van der Waals surface area (Å²) in [6.07, 6.45) is 0. The Morgan fingerprint density at radius 1 is 1.07 bits per heavy atom. The molecule has 0 saturated heterocycles. The number of hydrogen-bond acceptors (Lipinski definition) is 7. The lowest BCUT2D eigenvalue weighted by Gasteiger charge is -2.18. The van der Waals surface area contributed by atoms with E-state index in [1.165, 1.54) is 4.80 Å². The van der Waals surface area contributed by atoms with Gasteiger partial charge in [0.05, 0.1) is 27.4 Å². The molecule has 1 heterocycles. The number of carbonyl (C=O) groups is 1. The summed E-state index contributed by atoms with van der Waals surface area (Å²) in [4.78, 5) is 13.7. The molecule has 0 aliphatic heterocycles. The maximum Gasteiger partial charge on any atom is 0.244 e. The van der Waals surface area contributed by atoms with E-state index in [-0.39, 0.29) is 18.5 Å². The Labute approximate surface area is 168 Å². The quantitative estimate of drug-likeness (QED) is 0.622. The first-order chi connectivity index (χ1) is 14.0. The van der Waals surface area contributed by atoms with E-state index in [0.29, 0.717) is 23.1 Å². The molecule has 1 atom stereocenters. The number of aromatic nitrogens is 4. The van der Waals surface area contributed by atoms with Gasteiger partial charge in [-0.25, -0.2) is 0 Å². The Bertz CT molecular complexity index is 989. The minimum atomic E-state index is -0.297. The molecule has 0 aliphatic rings. The Balaban J connectivity index is 1.68. The molecule has 0 fully saturated rings. The average molecular weight is 397 g/mol. The van der Waals surface area contributed by atoms with Crippen molar-refractivity contribution in [1.29, 1.82) is 0 Å². The molecule has 2 aromatic carbocycles. The third-order valence-corrected chi connectivity index (χ3v) is 4.35. The summed E-state index contributed by atoms with van der Waals surface area (Å²) in [5, 5.41) is 15.2. The molecule has 9 nitrogen and oxygen atoms in total. The van der Waals surface area contributed by atoms with Gasteiger partial charge in [0.25, 0.3) is 0 Å². The predicted molar refractivity (Wildman–Crippen MR) is 106 cm³/mol. The van der Waals surface area contributed by atoms with Crippen molar-refractivity contribution in [3.8, 4) is 28.6 Å². The number of tetrazole rings is 1. The van der Waals surface area contributed by atoms with E-state index in [0.717, 1.165) is 11.1 Å². The lowest BCUT2D eigenvalue weighted by molar-refractivity contribution is -0.122. The van der Waals surface area contributed by atoms with Gasteiger partial charge in [0.15, 0.2) is 0 Å². The van der Waals surface area contributed by atoms with Gasteiger partial charge in [-0.3, -0.25) is 4.79 Å². The van der Waals surface area contributed by atoms with Gasteiger partial charge >= 0.3 is 0 Å². The summed E-state index contributed by atoms with van der Waals surface area (Å²) in [6, 6.07) is 12.5. The fourth-order valence-corrected chi connectivity index (χ4v) is 2.86. The number of benzene rings is 2. The molecule has 0 bridgehead atoms. The number of rotatable bonds is 8. The van der Waals surface area contributed by atoms with E-state index in [1.54, 1.807) is 39.5 Å². The minimum absolute atomic E-state index is 0.0619. The summed E-state index contributed by atoms with van der Waals surface area (Å²) < 4.78 is 15.8. The van der Waals surface area contributed by atoms with Crippen molar-refractivity contribution >= 4 is 5.91 Å². The van der Waals surface area contributed by atoms with Gasteiger partial charge in [-0.05, 0) is 42.5 Å². The van der Waals surface area contributed by atoms with Gasteiger partial charge in [0.2, 0.25) is 11.7 Å². The van der Waals surface area contributed by atoms with E-state index >= 15 is 0 Å². The third-order valence-electron chi connectivity index (χ3n) is 4.35. The van der Waals surface area contributed by atoms with E-state index in [9.17, 15) is 4.79 Å². The molecule has 1 N–H and O–H groups in total. The summed E-state index contributed by atoms with van der Waals surface area (Å²) >= 11 is 0. The summed E-state index contributed by atoms with van der Waals surface area (Å²) in [7, 11) is 4.76. The van der Waals surface area contributed by atoms with Crippen LogP contribution < -0.4 is 19.5 Å². The molecule has 1 aromatic heterocycles. The first-order valence-electron chi connectivity index (χ1n) is 8.97. The van der Waals surface area contributed by atoms with E-state index in [2.05, 4.69) is 20.7 Å². The van der Waals surface area contributed by atoms with Crippen LogP contribution in [0.4, 0.5) is 0 Å². The number of amides is 1. The molecule has 1 amide bonds. The Morgan fingerprint density at radius 3 is 2.55 bits per heavy atom. The summed E-state index contributed by atoms with van der Waals surface area (Å²) in [5.41, 5.74) is 1.56. The second kappa shape index (κ2) is 9.05. The van der Waals surface area contributed by atoms with Crippen LogP contribution in [0.25, 0.3) is 11.4 Å². The normalized spacial score (nSPS) is 11.6. The second-order valence-corrected chi connectivity index (χ2v) is 6.27. The van der Waals surface area contributed by atoms with Crippen LogP contribution in [0.15, 0.2) is 42.5 Å². The molecule has 152 valence electrons. The van der Waals surface area contributed by atoms with Gasteiger partial charge in [0, 0.05) is 11.1 Å². The Morgan fingerprint density at radius 2 is 1.83 bits per heavy atom. The average Bonchev–Trinajstić information content (AvgIpc) is 3.21. The highest BCUT2D eigenvalue weighted by molar-refractivity contribution is 5.76. The van der Waals surface area contributed by atoms with Crippen molar-refractivity contribution in [3.05, 3.63) is 48.0 Å². The van der Waals surface area contributed by atoms with Crippen molar-refractivity contribution in [1.82, 2.24) is 25.5 Å². The number of ether oxygens (including phenoxy) is 3. The van der Waals surface area contributed by atoms with Crippen LogP contribution in [0, 0.1) is 0 Å². The molecule has 0 saturated carbocycles. The van der Waals surface area contributed by atoms with Crippen LogP contribution in [0.2, 0.25) is 0 Å². The zero-order valence-electron chi connectivity index (χ0n) is 16.7. The predicted octanol–water partition coefficient (Wildman–Crippen LogP) is 2.24. The standard InChI is InChI=1S/C20H23N5O4/c1-13(17-11-16(28-3)8-9-18(17)29-4)21-19(26)12-25-23-20(22-24-25)14-6-5-7-15(10-14)27-2/h5-11,13H,12H2,1-4H3,(H,21,26). The molecule has 0 spiro atoms. The Kier molecular flexibility index (Phi) is 6.28. The van der Waals surface area contributed by atoms with E-state index in [1.807, 2.05) is 31.2 Å². The molecule has 1 unspecified atom stereocenters. The van der Waals surface area contributed by atoms with Crippen LogP contribution in [0.5, 0.6) is 17.2 Å². The molecular weight excluding hydrogens is 374 g/mol. The highest BCUT2D eigenvalue weighted by atomic mass is 16.5. The molecule has 3 aromatic rings. The van der Waals surface area contributed by atoms with Crippen molar-refractivity contribution < 1.29 is 19.0 Å². The largest absolute Gasteiger partial charge is 0.497 e. The smallest absolute Gasteiger partial charge is 0.244 e. The van der Waals surface area contributed by atoms with Crippen LogP contribution in [0.1, 0.15) is 18.5 Å². The number of methoxy groups -OCH3 is 3. The third kappa shape index (κ3) is 4.81. The van der Waals surface area contributed by atoms with Gasteiger partial charge in [0.1, 0.15) is 23.8 Å². The first-order valence-corrected chi connectivity index (χ1v) is 8.97. The van der Waals surface area contributed by atoms with Crippen LogP contribution in [-0.2, 0) is 11.3 Å². The zero-order valence-corrected chi connectivity index (χ0v) is 16.7. The highest BCUT2D eigenvalue weighted by Crippen LogP contribution is 2.29. The minimum Gasteiger partial charge on any atom is -0.497 e. The van der Waals surface area contributed by atoms with Gasteiger partial charge < -0.3 is 19.5 Å². The van der Waals surface area contributed by atoms with Crippen molar-refractivity contribution in [2.24, 2.45) is 0 Å². The van der Waals surface area contributed by atoms with Crippen LogP contribution in [-0.4, -0.2) is 47.4 Å². The van der Waals surface area contributed by atoms with E-state index in [4.69, 9.17) is 14.2 Å². The number of nitrogens with one attached hydrogen (secondary N) is 1. The lowest BCUT2D eigenvalue weighted by Crippen LogP contribution is -2.31. The van der Waals surface area contributed by atoms with Crippen LogP contribution >= 0.6 is 0 Å². The number of nitrogens with zero attached hydrogens (tertiary/aromatic N) is 4. The summed E-state index contributed by atoms with van der Waals surface area (Å²) in [6.45, 7) is 1.80. The monoisotopic (exact) mass is 397 g/mol. The van der Waals surface area contributed by atoms with Gasteiger partial charge in [-0.15, -0.1) is 10.2 Å². The SMILES string of the molecule is COc1cccc(-c2nnn(CC(=O)NC(C)c3cc(OC)ccc3OC)n2)c1. The molecule has 9 heteroatoms. The number of carbonyl (C=O) groups excluding carboxylic acids is 1. The van der Waals surface area contributed by atoms with Gasteiger partial charge in [-0.2, -0.15) is 4.80 Å². The topological polar surface area (TPSA) is 100 Å². The maximum atomic E-state index is 12.5. The molecule has 0 aliphatic carbocycles. The molecular formula is C20H23N5O4. The van der Waals surface area contributed by atoms with Gasteiger partial charge in [-0.1, -0.05) is 12.1 Å². The van der Waals surface area contributed by atoms with Crippen molar-refractivity contribution in [3.63, 3.8) is 0 Å². The second-order valence-electron chi connectivity index (χ2n) is 6.27. The van der Waals surface area contributed by atoms with E-state index < -0.39 is 0 Å². The van der Waals surface area contributed by atoms with Crippen LogP contribution in [0.3, 0.4) is 0 Å². The molecule has 3 rings (SSSR count). The maximum absolute atomic E-state index is 12.5. The van der Waals surface area contributed by atoms with Crippen molar-refractivity contribution in [2.45, 2.75) is 19.5 Å². The highest BCUT2D eigenvalue weighted by Gasteiger charge is 2.17. The fourth-order valence-electron chi connectivity index (χ4n) is 2.86. The Hall–Kier alpha value is -3.62. The molecule has 0 radical (unpaired) electrons. The number of hydrogen-bond donors (Lipinski definition) is 1. The zero-order chi connectivity index (χ0) is 20.8. The summed E-state index contributed by atoms with van der Waals surface area (Å²) in [5.74, 6) is 2.20. The lowest BCUT2D eigenvalue weighted by atomic mass is 10.1. The molecule has 29 heavy (non-hydrogen) atoms. The van der Waals surface area contributed by atoms with Crippen molar-refractivity contribution in [2.75, 3.05) is 21.3 Å². The first kappa shape index (κ1) is 20.1.